The van der Waals surface area contributed by atoms with Crippen molar-refractivity contribution in [2.75, 3.05) is 7.05 Å². The molecule has 1 N–H and O–H groups in total. The number of halogens is 2. The summed E-state index contributed by atoms with van der Waals surface area (Å²) < 4.78 is 6.88. The van der Waals surface area contributed by atoms with E-state index in [1.165, 1.54) is 5.56 Å². The van der Waals surface area contributed by atoms with E-state index < -0.39 is 0 Å². The molecular formula is C14H17BrClNO. The normalized spacial score (nSPS) is 12.3. The van der Waals surface area contributed by atoms with Crippen LogP contribution >= 0.6 is 27.5 Å². The molecule has 0 aliphatic carbocycles. The van der Waals surface area contributed by atoms with Crippen LogP contribution in [-0.2, 0) is 12.0 Å². The first-order valence-corrected chi connectivity index (χ1v) is 7.07. The van der Waals surface area contributed by atoms with Crippen molar-refractivity contribution in [2.45, 2.75) is 32.7 Å². The molecule has 0 unspecified atom stereocenters. The van der Waals surface area contributed by atoms with Gasteiger partial charge in [0.15, 0.2) is 0 Å². The molecule has 0 bridgehead atoms. The maximum atomic E-state index is 6.15. The molecule has 18 heavy (non-hydrogen) atoms. The first-order valence-electron chi connectivity index (χ1n) is 5.90. The summed E-state index contributed by atoms with van der Waals surface area (Å²) in [5.41, 5.74) is 2.10. The highest BCUT2D eigenvalue weighted by molar-refractivity contribution is 9.10. The lowest BCUT2D eigenvalue weighted by Gasteiger charge is -2.19. The number of hydrogen-bond acceptors (Lipinski definition) is 2. The molecule has 4 heteroatoms. The fourth-order valence-corrected chi connectivity index (χ4v) is 3.17. The van der Waals surface area contributed by atoms with Crippen molar-refractivity contribution in [3.63, 3.8) is 0 Å². The summed E-state index contributed by atoms with van der Waals surface area (Å²) in [4.78, 5) is 0. The van der Waals surface area contributed by atoms with Crippen LogP contribution in [0.3, 0.4) is 0 Å². The molecule has 1 aromatic carbocycles. The molecule has 0 saturated heterocycles. The van der Waals surface area contributed by atoms with Crippen LogP contribution in [0.25, 0.3) is 11.0 Å². The molecule has 2 rings (SSSR count). The van der Waals surface area contributed by atoms with Gasteiger partial charge in [-0.25, -0.2) is 0 Å². The van der Waals surface area contributed by atoms with Gasteiger partial charge in [0.2, 0.25) is 0 Å². The number of hydrogen-bond donors (Lipinski definition) is 1. The third kappa shape index (κ3) is 2.44. The summed E-state index contributed by atoms with van der Waals surface area (Å²) in [5.74, 6) is 0.975. The fourth-order valence-electron chi connectivity index (χ4n) is 2.28. The van der Waals surface area contributed by atoms with E-state index in [-0.39, 0.29) is 5.41 Å². The van der Waals surface area contributed by atoms with Crippen LogP contribution in [0.4, 0.5) is 0 Å². The highest BCUT2D eigenvalue weighted by Gasteiger charge is 2.26. The lowest BCUT2D eigenvalue weighted by atomic mass is 9.85. The minimum atomic E-state index is 0.0154. The molecule has 1 heterocycles. The highest BCUT2D eigenvalue weighted by Crippen LogP contribution is 2.39. The van der Waals surface area contributed by atoms with Gasteiger partial charge in [0.25, 0.3) is 0 Å². The Kier molecular flexibility index (Phi) is 3.77. The van der Waals surface area contributed by atoms with Gasteiger partial charge >= 0.3 is 0 Å². The number of furan rings is 1. The monoisotopic (exact) mass is 329 g/mol. The van der Waals surface area contributed by atoms with Gasteiger partial charge in [-0.05, 0) is 40.5 Å². The molecule has 0 fully saturated rings. The standard InChI is InChI=1S/C14H17BrClNO/c1-14(2,3)12-9-5-8(16)6-10(15)13(9)18-11(12)7-17-4/h5-6,17H,7H2,1-4H3. The predicted octanol–water partition coefficient (Wildman–Crippen LogP) is 4.87. The van der Waals surface area contributed by atoms with Crippen LogP contribution < -0.4 is 5.32 Å². The summed E-state index contributed by atoms with van der Waals surface area (Å²) in [6.07, 6.45) is 0. The Morgan fingerprint density at radius 2 is 2.00 bits per heavy atom. The van der Waals surface area contributed by atoms with E-state index in [1.807, 2.05) is 19.2 Å². The third-order valence-electron chi connectivity index (χ3n) is 2.87. The molecular weight excluding hydrogens is 314 g/mol. The smallest absolute Gasteiger partial charge is 0.148 e. The first-order chi connectivity index (χ1) is 8.34. The van der Waals surface area contributed by atoms with E-state index in [1.54, 1.807) is 0 Å². The van der Waals surface area contributed by atoms with Gasteiger partial charge in [0.05, 0.1) is 11.0 Å². The Bertz CT molecular complexity index is 583. The number of rotatable bonds is 2. The summed E-state index contributed by atoms with van der Waals surface area (Å²) in [6, 6.07) is 3.84. The Balaban J connectivity index is 2.81. The van der Waals surface area contributed by atoms with Crippen LogP contribution in [-0.4, -0.2) is 7.05 Å². The second-order valence-electron chi connectivity index (χ2n) is 5.44. The average Bonchev–Trinajstić information content (AvgIpc) is 2.56. The second-order valence-corrected chi connectivity index (χ2v) is 6.74. The summed E-state index contributed by atoms with van der Waals surface area (Å²) in [5, 5.41) is 4.96. The van der Waals surface area contributed by atoms with Crippen molar-refractivity contribution >= 4 is 38.5 Å². The molecule has 2 nitrogen and oxygen atoms in total. The molecule has 0 amide bonds. The van der Waals surface area contributed by atoms with E-state index in [4.69, 9.17) is 16.0 Å². The van der Waals surface area contributed by atoms with Gasteiger partial charge in [-0.3, -0.25) is 0 Å². The van der Waals surface area contributed by atoms with E-state index in [9.17, 15) is 0 Å². The van der Waals surface area contributed by atoms with Gasteiger partial charge in [0, 0.05) is 16.0 Å². The van der Waals surface area contributed by atoms with Crippen molar-refractivity contribution in [1.82, 2.24) is 5.32 Å². The molecule has 1 aromatic heterocycles. The number of nitrogens with one attached hydrogen (secondary N) is 1. The maximum Gasteiger partial charge on any atom is 0.148 e. The third-order valence-corrected chi connectivity index (χ3v) is 3.68. The zero-order valence-electron chi connectivity index (χ0n) is 11.0. The highest BCUT2D eigenvalue weighted by atomic mass is 79.9. The molecule has 2 aromatic rings. The Morgan fingerprint density at radius 1 is 1.33 bits per heavy atom. The second kappa shape index (κ2) is 4.87. The minimum absolute atomic E-state index is 0.0154. The molecule has 0 radical (unpaired) electrons. The zero-order chi connectivity index (χ0) is 13.5. The van der Waals surface area contributed by atoms with Gasteiger partial charge in [-0.15, -0.1) is 0 Å². The molecule has 98 valence electrons. The van der Waals surface area contributed by atoms with Crippen molar-refractivity contribution < 1.29 is 4.42 Å². The fraction of sp³-hybridized carbons (Fsp3) is 0.429. The first kappa shape index (κ1) is 13.9. The minimum Gasteiger partial charge on any atom is -0.458 e. The average molecular weight is 331 g/mol. The summed E-state index contributed by atoms with van der Waals surface area (Å²) in [6.45, 7) is 7.27. The summed E-state index contributed by atoms with van der Waals surface area (Å²) >= 11 is 9.66. The largest absolute Gasteiger partial charge is 0.458 e. The summed E-state index contributed by atoms with van der Waals surface area (Å²) in [7, 11) is 1.92. The van der Waals surface area contributed by atoms with Crippen molar-refractivity contribution in [3.05, 3.63) is 33.0 Å². The van der Waals surface area contributed by atoms with Crippen LogP contribution in [0.15, 0.2) is 21.0 Å². The van der Waals surface area contributed by atoms with Crippen LogP contribution in [0, 0.1) is 0 Å². The van der Waals surface area contributed by atoms with E-state index in [0.717, 1.165) is 26.2 Å². The van der Waals surface area contributed by atoms with Gasteiger partial charge in [0.1, 0.15) is 11.3 Å². The maximum absolute atomic E-state index is 6.15. The van der Waals surface area contributed by atoms with Gasteiger partial charge < -0.3 is 9.73 Å². The van der Waals surface area contributed by atoms with Gasteiger partial charge in [-0.1, -0.05) is 32.4 Å². The van der Waals surface area contributed by atoms with Crippen molar-refractivity contribution in [1.29, 1.82) is 0 Å². The Labute approximate surface area is 121 Å². The van der Waals surface area contributed by atoms with Crippen LogP contribution in [0.5, 0.6) is 0 Å². The van der Waals surface area contributed by atoms with Crippen molar-refractivity contribution in [3.8, 4) is 0 Å². The Morgan fingerprint density at radius 3 is 2.56 bits per heavy atom. The Hall–Kier alpha value is -0.510. The topological polar surface area (TPSA) is 25.2 Å². The van der Waals surface area contributed by atoms with Crippen LogP contribution in [0.2, 0.25) is 5.02 Å². The number of benzene rings is 1. The molecule has 0 atom stereocenters. The zero-order valence-corrected chi connectivity index (χ0v) is 13.4. The van der Waals surface area contributed by atoms with Crippen molar-refractivity contribution in [2.24, 2.45) is 0 Å². The predicted molar refractivity (Wildman–Crippen MR) is 80.4 cm³/mol. The van der Waals surface area contributed by atoms with E-state index >= 15 is 0 Å². The number of fused-ring (bicyclic) bond motifs is 1. The van der Waals surface area contributed by atoms with E-state index in [2.05, 4.69) is 42.0 Å². The van der Waals surface area contributed by atoms with Crippen LogP contribution in [0.1, 0.15) is 32.1 Å². The molecule has 0 aliphatic heterocycles. The molecule has 0 aliphatic rings. The lowest BCUT2D eigenvalue weighted by molar-refractivity contribution is 0.494. The quantitative estimate of drug-likeness (QED) is 0.850. The molecule has 0 spiro atoms. The van der Waals surface area contributed by atoms with E-state index in [0.29, 0.717) is 6.54 Å². The molecule has 0 saturated carbocycles. The lowest BCUT2D eigenvalue weighted by Crippen LogP contribution is -2.15. The SMILES string of the molecule is CNCc1oc2c(Br)cc(Cl)cc2c1C(C)(C)C. The van der Waals surface area contributed by atoms with Gasteiger partial charge in [-0.2, -0.15) is 0 Å².